The summed E-state index contributed by atoms with van der Waals surface area (Å²) in [4.78, 5) is 38.0. The van der Waals surface area contributed by atoms with Crippen LogP contribution in [0.2, 0.25) is 0 Å². The highest BCUT2D eigenvalue weighted by molar-refractivity contribution is 8.26. The Balaban J connectivity index is 1.64. The maximum Gasteiger partial charge on any atom is 0.338 e. The molecular weight excluding hydrogens is 427 g/mol. The van der Waals surface area contributed by atoms with Gasteiger partial charge >= 0.3 is 5.97 Å². The zero-order chi connectivity index (χ0) is 21.7. The number of esters is 1. The highest BCUT2D eigenvalue weighted by Crippen LogP contribution is 2.32. The van der Waals surface area contributed by atoms with Crippen molar-refractivity contribution in [2.75, 3.05) is 18.5 Å². The molecule has 1 fully saturated rings. The van der Waals surface area contributed by atoms with Gasteiger partial charge in [0.25, 0.3) is 5.91 Å². The van der Waals surface area contributed by atoms with Gasteiger partial charge in [0, 0.05) is 11.3 Å². The molecule has 2 aromatic rings. The van der Waals surface area contributed by atoms with E-state index in [0.717, 1.165) is 16.7 Å². The molecule has 1 aliphatic rings. The maximum absolute atomic E-state index is 13.8. The Bertz CT molecular complexity index is 1040. The number of carbonyl (C=O) groups excluding carboxylic acids is 3. The second-order valence-corrected chi connectivity index (χ2v) is 7.81. The zero-order valence-corrected chi connectivity index (χ0v) is 17.5. The Hall–Kier alpha value is -3.04. The summed E-state index contributed by atoms with van der Waals surface area (Å²) in [7, 11) is 0. The minimum Gasteiger partial charge on any atom is -0.462 e. The fourth-order valence-electron chi connectivity index (χ4n) is 2.62. The van der Waals surface area contributed by atoms with Crippen molar-refractivity contribution in [1.29, 1.82) is 0 Å². The minimum absolute atomic E-state index is 0.218. The zero-order valence-electron chi connectivity index (χ0n) is 15.9. The molecule has 2 amide bonds. The van der Waals surface area contributed by atoms with Gasteiger partial charge in [-0.05, 0) is 43.3 Å². The van der Waals surface area contributed by atoms with Crippen LogP contribution < -0.4 is 5.32 Å². The van der Waals surface area contributed by atoms with Crippen molar-refractivity contribution in [2.24, 2.45) is 0 Å². The van der Waals surface area contributed by atoms with Gasteiger partial charge in [0.05, 0.1) is 17.1 Å². The molecule has 0 saturated carbocycles. The molecule has 9 heteroatoms. The van der Waals surface area contributed by atoms with Crippen LogP contribution >= 0.6 is 24.0 Å². The molecule has 0 atom stereocenters. The molecular formula is C21H17FN2O4S2. The Labute approximate surface area is 182 Å². The van der Waals surface area contributed by atoms with Crippen molar-refractivity contribution in [3.8, 4) is 0 Å². The summed E-state index contributed by atoms with van der Waals surface area (Å²) in [5.41, 5.74) is 1.09. The van der Waals surface area contributed by atoms with Gasteiger partial charge < -0.3 is 10.1 Å². The molecule has 0 aliphatic carbocycles. The average molecular weight is 445 g/mol. The van der Waals surface area contributed by atoms with Gasteiger partial charge in [0.1, 0.15) is 16.7 Å². The van der Waals surface area contributed by atoms with Crippen LogP contribution in [0.3, 0.4) is 0 Å². The minimum atomic E-state index is -0.457. The van der Waals surface area contributed by atoms with Gasteiger partial charge in [-0.15, -0.1) is 0 Å². The molecule has 3 rings (SSSR count). The Morgan fingerprint density at radius 3 is 2.57 bits per heavy atom. The quantitative estimate of drug-likeness (QED) is 0.415. The largest absolute Gasteiger partial charge is 0.462 e. The molecule has 1 saturated heterocycles. The van der Waals surface area contributed by atoms with E-state index in [1.54, 1.807) is 37.3 Å². The SMILES string of the molecule is CCOC(=O)c1ccc(NC(=O)CN2C(=O)/C(=C/c3ccccc3F)SC2=S)cc1. The topological polar surface area (TPSA) is 75.7 Å². The first kappa shape index (κ1) is 21.7. The number of anilines is 1. The number of hydrogen-bond acceptors (Lipinski definition) is 6. The number of nitrogens with zero attached hydrogens (tertiary/aromatic N) is 1. The predicted octanol–water partition coefficient (Wildman–Crippen LogP) is 3.84. The summed E-state index contributed by atoms with van der Waals surface area (Å²) in [6.07, 6.45) is 1.42. The molecule has 0 radical (unpaired) electrons. The third-order valence-corrected chi connectivity index (χ3v) is 5.42. The molecule has 0 unspecified atom stereocenters. The lowest BCUT2D eigenvalue weighted by molar-refractivity contribution is -0.126. The lowest BCUT2D eigenvalue weighted by Gasteiger charge is -2.14. The van der Waals surface area contributed by atoms with Crippen LogP contribution in [0, 0.1) is 5.82 Å². The van der Waals surface area contributed by atoms with Crippen molar-refractivity contribution >= 4 is 57.8 Å². The normalized spacial score (nSPS) is 14.9. The number of carbonyl (C=O) groups is 3. The van der Waals surface area contributed by atoms with E-state index in [1.165, 1.54) is 24.3 Å². The van der Waals surface area contributed by atoms with E-state index < -0.39 is 23.6 Å². The number of hydrogen-bond donors (Lipinski definition) is 1. The van der Waals surface area contributed by atoms with E-state index in [9.17, 15) is 18.8 Å². The molecule has 30 heavy (non-hydrogen) atoms. The third kappa shape index (κ3) is 5.11. The third-order valence-electron chi connectivity index (χ3n) is 4.05. The van der Waals surface area contributed by atoms with Crippen molar-refractivity contribution in [3.05, 3.63) is 70.4 Å². The van der Waals surface area contributed by atoms with E-state index in [2.05, 4.69) is 5.32 Å². The van der Waals surface area contributed by atoms with E-state index in [0.29, 0.717) is 11.3 Å². The number of nitrogens with one attached hydrogen (secondary N) is 1. The second kappa shape index (κ2) is 9.64. The van der Waals surface area contributed by atoms with Crippen LogP contribution in [0.1, 0.15) is 22.8 Å². The molecule has 2 aromatic carbocycles. The number of amides is 2. The van der Waals surface area contributed by atoms with Crippen molar-refractivity contribution in [2.45, 2.75) is 6.92 Å². The van der Waals surface area contributed by atoms with E-state index in [-0.39, 0.29) is 27.9 Å². The number of thiocarbonyl (C=S) groups is 1. The number of benzene rings is 2. The lowest BCUT2D eigenvalue weighted by atomic mass is 10.2. The predicted molar refractivity (Wildman–Crippen MR) is 117 cm³/mol. The number of thioether (sulfide) groups is 1. The van der Waals surface area contributed by atoms with Crippen LogP contribution in [0.4, 0.5) is 10.1 Å². The standard InChI is InChI=1S/C21H17FN2O4S2/c1-2-28-20(27)13-7-9-15(10-8-13)23-18(25)12-24-19(26)17(30-21(24)29)11-14-5-3-4-6-16(14)22/h3-11H,2,12H2,1H3,(H,23,25)/b17-11-. The summed E-state index contributed by atoms with van der Waals surface area (Å²) in [5, 5.41) is 2.65. The first-order valence-electron chi connectivity index (χ1n) is 8.96. The fourth-order valence-corrected chi connectivity index (χ4v) is 3.86. The van der Waals surface area contributed by atoms with E-state index >= 15 is 0 Å². The lowest BCUT2D eigenvalue weighted by Crippen LogP contribution is -2.36. The second-order valence-electron chi connectivity index (χ2n) is 6.14. The van der Waals surface area contributed by atoms with E-state index in [1.807, 2.05) is 0 Å². The van der Waals surface area contributed by atoms with Crippen LogP contribution in [-0.2, 0) is 14.3 Å². The molecule has 1 N–H and O–H groups in total. The Kier molecular flexibility index (Phi) is 6.96. The summed E-state index contributed by atoms with van der Waals surface area (Å²) in [6, 6.07) is 12.3. The van der Waals surface area contributed by atoms with Gasteiger partial charge in [0.2, 0.25) is 5.91 Å². The summed E-state index contributed by atoms with van der Waals surface area (Å²) >= 11 is 6.21. The van der Waals surface area contributed by atoms with Gasteiger partial charge in [-0.2, -0.15) is 0 Å². The number of halogens is 1. The Morgan fingerprint density at radius 1 is 1.20 bits per heavy atom. The average Bonchev–Trinajstić information content (AvgIpc) is 2.98. The van der Waals surface area contributed by atoms with Gasteiger partial charge in [-0.3, -0.25) is 14.5 Å². The smallest absolute Gasteiger partial charge is 0.338 e. The maximum atomic E-state index is 13.8. The van der Waals surface area contributed by atoms with Gasteiger partial charge in [-0.1, -0.05) is 42.2 Å². The molecule has 154 valence electrons. The molecule has 1 aliphatic heterocycles. The summed E-state index contributed by atoms with van der Waals surface area (Å²) in [5.74, 6) is -1.82. The van der Waals surface area contributed by atoms with Crippen molar-refractivity contribution < 1.29 is 23.5 Å². The Morgan fingerprint density at radius 2 is 1.90 bits per heavy atom. The van der Waals surface area contributed by atoms with Crippen LogP contribution in [0.25, 0.3) is 6.08 Å². The first-order valence-corrected chi connectivity index (χ1v) is 10.2. The van der Waals surface area contributed by atoms with Crippen LogP contribution in [0.15, 0.2) is 53.4 Å². The summed E-state index contributed by atoms with van der Waals surface area (Å²) < 4.78 is 19.0. The molecule has 6 nitrogen and oxygen atoms in total. The molecule has 1 heterocycles. The van der Waals surface area contributed by atoms with E-state index in [4.69, 9.17) is 17.0 Å². The number of rotatable bonds is 6. The van der Waals surface area contributed by atoms with Gasteiger partial charge in [0.15, 0.2) is 0 Å². The fraction of sp³-hybridized carbons (Fsp3) is 0.143. The van der Waals surface area contributed by atoms with Crippen molar-refractivity contribution in [3.63, 3.8) is 0 Å². The number of ether oxygens (including phenoxy) is 1. The van der Waals surface area contributed by atoms with Crippen molar-refractivity contribution in [1.82, 2.24) is 4.90 Å². The molecule has 0 spiro atoms. The van der Waals surface area contributed by atoms with Crippen LogP contribution in [-0.4, -0.2) is 40.2 Å². The highest BCUT2D eigenvalue weighted by atomic mass is 32.2. The first-order chi connectivity index (χ1) is 14.4. The molecule has 0 bridgehead atoms. The molecule has 0 aromatic heterocycles. The highest BCUT2D eigenvalue weighted by Gasteiger charge is 2.33. The summed E-state index contributed by atoms with van der Waals surface area (Å²) in [6.45, 7) is 1.71. The monoisotopic (exact) mass is 444 g/mol. The van der Waals surface area contributed by atoms with Crippen LogP contribution in [0.5, 0.6) is 0 Å². The van der Waals surface area contributed by atoms with Gasteiger partial charge in [-0.25, -0.2) is 9.18 Å².